The van der Waals surface area contributed by atoms with Gasteiger partial charge in [0.1, 0.15) is 5.75 Å². The number of alkyl halides is 1. The summed E-state index contributed by atoms with van der Waals surface area (Å²) in [6.07, 6.45) is 2.67. The molecule has 0 saturated heterocycles. The fourth-order valence-electron chi connectivity index (χ4n) is 1.74. The van der Waals surface area contributed by atoms with Gasteiger partial charge >= 0.3 is 0 Å². The molecule has 1 heterocycles. The first kappa shape index (κ1) is 12.1. The lowest BCUT2D eigenvalue weighted by Gasteiger charge is -2.13. The van der Waals surface area contributed by atoms with E-state index < -0.39 is 0 Å². The third kappa shape index (κ3) is 3.07. The predicted molar refractivity (Wildman–Crippen MR) is 72.6 cm³/mol. The van der Waals surface area contributed by atoms with E-state index in [2.05, 4.69) is 27.0 Å². The quantitative estimate of drug-likeness (QED) is 0.800. The lowest BCUT2D eigenvalue weighted by atomic mass is 10.1. The average Bonchev–Trinajstić information content (AvgIpc) is 2.40. The standard InChI is InChI=1S/C14H14BrNO/c1-17-14-8-3-2-7-12(14)13(15)10-11-6-4-5-9-16-11/h2-9,13H,10H2,1H3. The molecule has 17 heavy (non-hydrogen) atoms. The molecule has 1 unspecified atom stereocenters. The van der Waals surface area contributed by atoms with E-state index in [4.69, 9.17) is 4.74 Å². The molecule has 2 aromatic rings. The molecule has 3 heteroatoms. The van der Waals surface area contributed by atoms with Gasteiger partial charge in [0.25, 0.3) is 0 Å². The van der Waals surface area contributed by atoms with Crippen LogP contribution in [-0.4, -0.2) is 12.1 Å². The van der Waals surface area contributed by atoms with Crippen LogP contribution in [0.5, 0.6) is 5.75 Å². The summed E-state index contributed by atoms with van der Waals surface area (Å²) in [4.78, 5) is 4.55. The summed E-state index contributed by atoms with van der Waals surface area (Å²) < 4.78 is 5.35. The van der Waals surface area contributed by atoms with Crippen LogP contribution in [0.2, 0.25) is 0 Å². The number of hydrogen-bond donors (Lipinski definition) is 0. The Labute approximate surface area is 110 Å². The van der Waals surface area contributed by atoms with Crippen molar-refractivity contribution in [2.24, 2.45) is 0 Å². The smallest absolute Gasteiger partial charge is 0.123 e. The number of aromatic nitrogens is 1. The lowest BCUT2D eigenvalue weighted by molar-refractivity contribution is 0.409. The van der Waals surface area contributed by atoms with Crippen LogP contribution >= 0.6 is 15.9 Å². The van der Waals surface area contributed by atoms with Crippen LogP contribution < -0.4 is 4.74 Å². The Morgan fingerprint density at radius 3 is 2.65 bits per heavy atom. The minimum absolute atomic E-state index is 0.216. The maximum atomic E-state index is 5.35. The average molecular weight is 292 g/mol. The second-order valence-corrected chi connectivity index (χ2v) is 4.84. The van der Waals surface area contributed by atoms with Crippen molar-refractivity contribution in [3.8, 4) is 5.75 Å². The largest absolute Gasteiger partial charge is 0.496 e. The molecule has 1 aromatic heterocycles. The van der Waals surface area contributed by atoms with E-state index in [1.165, 1.54) is 0 Å². The van der Waals surface area contributed by atoms with Crippen LogP contribution in [0.25, 0.3) is 0 Å². The molecule has 2 nitrogen and oxygen atoms in total. The Hall–Kier alpha value is -1.35. The highest BCUT2D eigenvalue weighted by Gasteiger charge is 2.13. The topological polar surface area (TPSA) is 22.1 Å². The van der Waals surface area contributed by atoms with Crippen LogP contribution in [0.1, 0.15) is 16.1 Å². The summed E-state index contributed by atoms with van der Waals surface area (Å²) in [5, 5.41) is 0. The molecular weight excluding hydrogens is 278 g/mol. The molecule has 88 valence electrons. The Morgan fingerprint density at radius 2 is 1.94 bits per heavy atom. The number of benzene rings is 1. The molecule has 0 fully saturated rings. The van der Waals surface area contributed by atoms with Crippen LogP contribution in [0.15, 0.2) is 48.7 Å². The first-order chi connectivity index (χ1) is 8.31. The van der Waals surface area contributed by atoms with E-state index in [0.717, 1.165) is 23.4 Å². The minimum atomic E-state index is 0.216. The fraction of sp³-hybridized carbons (Fsp3) is 0.214. The number of pyridine rings is 1. The summed E-state index contributed by atoms with van der Waals surface area (Å²) in [7, 11) is 1.69. The number of halogens is 1. The van der Waals surface area contributed by atoms with E-state index in [1.807, 2.05) is 42.6 Å². The van der Waals surface area contributed by atoms with Gasteiger partial charge in [-0.15, -0.1) is 0 Å². The zero-order valence-electron chi connectivity index (χ0n) is 9.64. The third-order valence-electron chi connectivity index (χ3n) is 2.59. The Balaban J connectivity index is 2.17. The maximum absolute atomic E-state index is 5.35. The van der Waals surface area contributed by atoms with Gasteiger partial charge in [0.15, 0.2) is 0 Å². The van der Waals surface area contributed by atoms with E-state index >= 15 is 0 Å². The van der Waals surface area contributed by atoms with Gasteiger partial charge in [0, 0.05) is 28.7 Å². The molecule has 0 bridgehead atoms. The molecule has 0 aliphatic carbocycles. The number of ether oxygens (including phenoxy) is 1. The Bertz CT molecular complexity index is 473. The van der Waals surface area contributed by atoms with Gasteiger partial charge in [-0.3, -0.25) is 4.98 Å². The van der Waals surface area contributed by atoms with Crippen molar-refractivity contribution in [2.45, 2.75) is 11.2 Å². The predicted octanol–water partition coefficient (Wildman–Crippen LogP) is 3.77. The van der Waals surface area contributed by atoms with Crippen LogP contribution in [-0.2, 0) is 6.42 Å². The van der Waals surface area contributed by atoms with Crippen molar-refractivity contribution >= 4 is 15.9 Å². The SMILES string of the molecule is COc1ccccc1C(Br)Cc1ccccn1. The highest BCUT2D eigenvalue weighted by atomic mass is 79.9. The van der Waals surface area contributed by atoms with Gasteiger partial charge in [0.05, 0.1) is 7.11 Å². The van der Waals surface area contributed by atoms with Crippen LogP contribution in [0.4, 0.5) is 0 Å². The van der Waals surface area contributed by atoms with Crippen LogP contribution in [0.3, 0.4) is 0 Å². The van der Waals surface area contributed by atoms with Gasteiger partial charge in [-0.05, 0) is 18.2 Å². The zero-order chi connectivity index (χ0) is 12.1. The second kappa shape index (κ2) is 5.82. The van der Waals surface area contributed by atoms with E-state index in [1.54, 1.807) is 7.11 Å². The highest BCUT2D eigenvalue weighted by molar-refractivity contribution is 9.09. The number of rotatable bonds is 4. The molecular formula is C14H14BrNO. The summed E-state index contributed by atoms with van der Waals surface area (Å²) >= 11 is 3.69. The Morgan fingerprint density at radius 1 is 1.18 bits per heavy atom. The molecule has 2 rings (SSSR count). The normalized spacial score (nSPS) is 12.1. The van der Waals surface area contributed by atoms with Crippen molar-refractivity contribution in [3.63, 3.8) is 0 Å². The monoisotopic (exact) mass is 291 g/mol. The van der Waals surface area contributed by atoms with Gasteiger partial charge in [-0.2, -0.15) is 0 Å². The molecule has 0 radical (unpaired) electrons. The zero-order valence-corrected chi connectivity index (χ0v) is 11.2. The van der Waals surface area contributed by atoms with E-state index in [9.17, 15) is 0 Å². The van der Waals surface area contributed by atoms with Gasteiger partial charge in [-0.1, -0.05) is 40.2 Å². The lowest BCUT2D eigenvalue weighted by Crippen LogP contribution is -1.99. The minimum Gasteiger partial charge on any atom is -0.496 e. The van der Waals surface area contributed by atoms with Crippen molar-refractivity contribution < 1.29 is 4.74 Å². The first-order valence-corrected chi connectivity index (χ1v) is 6.39. The molecule has 0 spiro atoms. The highest BCUT2D eigenvalue weighted by Crippen LogP contribution is 2.33. The summed E-state index contributed by atoms with van der Waals surface area (Å²) in [5.74, 6) is 0.908. The van der Waals surface area contributed by atoms with Crippen molar-refractivity contribution in [3.05, 3.63) is 59.9 Å². The summed E-state index contributed by atoms with van der Waals surface area (Å²) in [6.45, 7) is 0. The van der Waals surface area contributed by atoms with Gasteiger partial charge in [-0.25, -0.2) is 0 Å². The van der Waals surface area contributed by atoms with Crippen molar-refractivity contribution in [1.29, 1.82) is 0 Å². The van der Waals surface area contributed by atoms with E-state index in [0.29, 0.717) is 0 Å². The molecule has 0 saturated carbocycles. The summed E-state index contributed by atoms with van der Waals surface area (Å²) in [6, 6.07) is 14.0. The number of nitrogens with zero attached hydrogens (tertiary/aromatic N) is 1. The van der Waals surface area contributed by atoms with Crippen molar-refractivity contribution in [2.75, 3.05) is 7.11 Å². The fourth-order valence-corrected chi connectivity index (χ4v) is 2.45. The molecule has 0 N–H and O–H groups in total. The number of methoxy groups -OCH3 is 1. The maximum Gasteiger partial charge on any atom is 0.123 e. The number of para-hydroxylation sites is 1. The van der Waals surface area contributed by atoms with E-state index in [-0.39, 0.29) is 4.83 Å². The first-order valence-electron chi connectivity index (χ1n) is 5.48. The van der Waals surface area contributed by atoms with Gasteiger partial charge < -0.3 is 4.74 Å². The number of hydrogen-bond acceptors (Lipinski definition) is 2. The second-order valence-electron chi connectivity index (χ2n) is 3.73. The third-order valence-corrected chi connectivity index (χ3v) is 3.41. The molecule has 1 aromatic carbocycles. The Kier molecular flexibility index (Phi) is 4.15. The molecule has 0 aliphatic heterocycles. The molecule has 1 atom stereocenters. The summed E-state index contributed by atoms with van der Waals surface area (Å²) in [5.41, 5.74) is 2.22. The van der Waals surface area contributed by atoms with Gasteiger partial charge in [0.2, 0.25) is 0 Å². The molecule has 0 amide bonds. The van der Waals surface area contributed by atoms with Crippen molar-refractivity contribution in [1.82, 2.24) is 4.98 Å². The van der Waals surface area contributed by atoms with Crippen LogP contribution in [0, 0.1) is 0 Å². The molecule has 0 aliphatic rings.